The quantitative estimate of drug-likeness (QED) is 0.855. The zero-order chi connectivity index (χ0) is 12.9. The summed E-state index contributed by atoms with van der Waals surface area (Å²) >= 11 is 0. The van der Waals surface area contributed by atoms with Crippen LogP contribution in [0.2, 0.25) is 0 Å². The average molecular weight is 243 g/mol. The van der Waals surface area contributed by atoms with Gasteiger partial charge in [0.05, 0.1) is 0 Å². The molecule has 0 fully saturated rings. The van der Waals surface area contributed by atoms with Crippen LogP contribution in [0.3, 0.4) is 0 Å². The van der Waals surface area contributed by atoms with Gasteiger partial charge in [0, 0.05) is 18.7 Å². The Balaban J connectivity index is 2.58. The first-order valence-electron chi connectivity index (χ1n) is 5.62. The highest BCUT2D eigenvalue weighted by Crippen LogP contribution is 2.20. The van der Waals surface area contributed by atoms with Crippen molar-refractivity contribution in [2.75, 3.05) is 6.54 Å². The Morgan fingerprint density at radius 3 is 2.47 bits per heavy atom. The van der Waals surface area contributed by atoms with Crippen LogP contribution in [0.4, 0.5) is 8.78 Å². The second-order valence-electron chi connectivity index (χ2n) is 5.15. The van der Waals surface area contributed by atoms with Crippen molar-refractivity contribution in [3.8, 4) is 5.75 Å². The third kappa shape index (κ3) is 5.63. The fourth-order valence-electron chi connectivity index (χ4n) is 1.43. The molecule has 1 aromatic rings. The fraction of sp³-hybridized carbons (Fsp3) is 0.538. The molecule has 0 unspecified atom stereocenters. The normalized spacial score (nSPS) is 11.9. The maximum absolute atomic E-state index is 12.2. The number of benzene rings is 1. The van der Waals surface area contributed by atoms with E-state index in [4.69, 9.17) is 0 Å². The van der Waals surface area contributed by atoms with E-state index in [0.717, 1.165) is 12.1 Å². The number of rotatable bonds is 5. The van der Waals surface area contributed by atoms with E-state index in [0.29, 0.717) is 6.54 Å². The maximum atomic E-state index is 12.2. The molecule has 0 spiro atoms. The zero-order valence-electron chi connectivity index (χ0n) is 10.5. The standard InChI is InChI=1S/C13H19F2NO/c1-13(2,3)9-16-8-10-6-4-5-7-11(10)17-12(14)15/h4-7,12,16H,8-9H2,1-3H3. The smallest absolute Gasteiger partial charge is 0.387 e. The molecule has 0 aliphatic heterocycles. The van der Waals surface area contributed by atoms with Gasteiger partial charge in [0.15, 0.2) is 0 Å². The van der Waals surface area contributed by atoms with Crippen molar-refractivity contribution < 1.29 is 13.5 Å². The molecule has 0 atom stereocenters. The van der Waals surface area contributed by atoms with E-state index in [1.807, 2.05) is 6.07 Å². The van der Waals surface area contributed by atoms with Crippen LogP contribution in [-0.2, 0) is 6.54 Å². The number of halogens is 2. The Kier molecular flexibility index (Phi) is 4.87. The van der Waals surface area contributed by atoms with Crippen molar-refractivity contribution in [1.82, 2.24) is 5.32 Å². The molecule has 2 nitrogen and oxygen atoms in total. The van der Waals surface area contributed by atoms with E-state index in [-0.39, 0.29) is 11.2 Å². The molecule has 0 radical (unpaired) electrons. The van der Waals surface area contributed by atoms with Gasteiger partial charge in [-0.05, 0) is 11.5 Å². The Hall–Kier alpha value is -1.16. The number of hydrogen-bond donors (Lipinski definition) is 1. The summed E-state index contributed by atoms with van der Waals surface area (Å²) in [6.45, 7) is 4.90. The molecule has 0 saturated heterocycles. The highest BCUT2D eigenvalue weighted by Gasteiger charge is 2.11. The second-order valence-corrected chi connectivity index (χ2v) is 5.15. The lowest BCUT2D eigenvalue weighted by molar-refractivity contribution is -0.0505. The van der Waals surface area contributed by atoms with Crippen molar-refractivity contribution in [3.05, 3.63) is 29.8 Å². The monoisotopic (exact) mass is 243 g/mol. The molecule has 1 aromatic carbocycles. The molecular weight excluding hydrogens is 224 g/mol. The lowest BCUT2D eigenvalue weighted by atomic mass is 9.97. The molecule has 0 aliphatic rings. The molecule has 96 valence electrons. The Morgan fingerprint density at radius 1 is 1.24 bits per heavy atom. The van der Waals surface area contributed by atoms with Crippen LogP contribution in [0.25, 0.3) is 0 Å². The number of para-hydroxylation sites is 1. The van der Waals surface area contributed by atoms with Gasteiger partial charge < -0.3 is 10.1 Å². The van der Waals surface area contributed by atoms with E-state index in [1.165, 1.54) is 0 Å². The first-order valence-corrected chi connectivity index (χ1v) is 5.62. The predicted octanol–water partition coefficient (Wildman–Crippen LogP) is 3.42. The molecule has 0 aliphatic carbocycles. The van der Waals surface area contributed by atoms with Gasteiger partial charge in [-0.2, -0.15) is 8.78 Å². The molecule has 0 aromatic heterocycles. The lowest BCUT2D eigenvalue weighted by Gasteiger charge is -2.19. The molecule has 1 N–H and O–H groups in total. The van der Waals surface area contributed by atoms with Crippen LogP contribution in [0.1, 0.15) is 26.3 Å². The Morgan fingerprint density at radius 2 is 1.88 bits per heavy atom. The Bertz CT molecular complexity index is 348. The minimum absolute atomic E-state index is 0.165. The van der Waals surface area contributed by atoms with E-state index >= 15 is 0 Å². The fourth-order valence-corrected chi connectivity index (χ4v) is 1.43. The summed E-state index contributed by atoms with van der Waals surface area (Å²) in [7, 11) is 0. The molecule has 1 rings (SSSR count). The van der Waals surface area contributed by atoms with Crippen molar-refractivity contribution in [2.45, 2.75) is 33.9 Å². The summed E-state index contributed by atoms with van der Waals surface area (Å²) in [6.07, 6.45) is 0. The molecular formula is C13H19F2NO. The van der Waals surface area contributed by atoms with Gasteiger partial charge in [-0.3, -0.25) is 0 Å². The lowest BCUT2D eigenvalue weighted by Crippen LogP contribution is -2.26. The van der Waals surface area contributed by atoms with Crippen molar-refractivity contribution >= 4 is 0 Å². The number of nitrogens with one attached hydrogen (secondary N) is 1. The maximum Gasteiger partial charge on any atom is 0.387 e. The van der Waals surface area contributed by atoms with Gasteiger partial charge in [-0.25, -0.2) is 0 Å². The van der Waals surface area contributed by atoms with Crippen LogP contribution in [0.15, 0.2) is 24.3 Å². The molecule has 4 heteroatoms. The first kappa shape index (κ1) is 13.9. The Labute approximate surface area is 101 Å². The summed E-state index contributed by atoms with van der Waals surface area (Å²) in [5, 5.41) is 3.23. The van der Waals surface area contributed by atoms with Gasteiger partial charge in [-0.15, -0.1) is 0 Å². The summed E-state index contributed by atoms with van der Waals surface area (Å²) in [4.78, 5) is 0. The molecule has 0 amide bonds. The highest BCUT2D eigenvalue weighted by molar-refractivity contribution is 5.33. The van der Waals surface area contributed by atoms with E-state index in [1.54, 1.807) is 18.2 Å². The second kappa shape index (κ2) is 5.96. The summed E-state index contributed by atoms with van der Waals surface area (Å²) in [5.74, 6) is 0.240. The molecule has 0 heterocycles. The van der Waals surface area contributed by atoms with Gasteiger partial charge >= 0.3 is 6.61 Å². The van der Waals surface area contributed by atoms with Crippen molar-refractivity contribution in [2.24, 2.45) is 5.41 Å². The number of hydrogen-bond acceptors (Lipinski definition) is 2. The van der Waals surface area contributed by atoms with E-state index < -0.39 is 6.61 Å². The first-order chi connectivity index (χ1) is 7.88. The molecule has 0 bridgehead atoms. The third-order valence-electron chi connectivity index (χ3n) is 2.16. The SMILES string of the molecule is CC(C)(C)CNCc1ccccc1OC(F)F. The zero-order valence-corrected chi connectivity index (χ0v) is 10.5. The summed E-state index contributed by atoms with van der Waals surface area (Å²) < 4.78 is 28.8. The van der Waals surface area contributed by atoms with Crippen molar-refractivity contribution in [1.29, 1.82) is 0 Å². The van der Waals surface area contributed by atoms with Crippen LogP contribution < -0.4 is 10.1 Å². The van der Waals surface area contributed by atoms with Crippen LogP contribution >= 0.6 is 0 Å². The van der Waals surface area contributed by atoms with Crippen LogP contribution in [0, 0.1) is 5.41 Å². The van der Waals surface area contributed by atoms with Gasteiger partial charge in [0.1, 0.15) is 5.75 Å². The summed E-state index contributed by atoms with van der Waals surface area (Å²) in [5.41, 5.74) is 0.912. The largest absolute Gasteiger partial charge is 0.434 e. The molecule has 17 heavy (non-hydrogen) atoms. The van der Waals surface area contributed by atoms with Crippen LogP contribution in [0.5, 0.6) is 5.75 Å². The minimum Gasteiger partial charge on any atom is -0.434 e. The predicted molar refractivity (Wildman–Crippen MR) is 64.2 cm³/mol. The van der Waals surface area contributed by atoms with Crippen molar-refractivity contribution in [3.63, 3.8) is 0 Å². The summed E-state index contributed by atoms with van der Waals surface area (Å²) in [6, 6.07) is 6.84. The van der Waals surface area contributed by atoms with E-state index in [2.05, 4.69) is 30.8 Å². The third-order valence-corrected chi connectivity index (χ3v) is 2.16. The van der Waals surface area contributed by atoms with Gasteiger partial charge in [0.25, 0.3) is 0 Å². The topological polar surface area (TPSA) is 21.3 Å². The average Bonchev–Trinajstić information content (AvgIpc) is 2.18. The van der Waals surface area contributed by atoms with E-state index in [9.17, 15) is 8.78 Å². The van der Waals surface area contributed by atoms with Gasteiger partial charge in [0.2, 0.25) is 0 Å². The van der Waals surface area contributed by atoms with Crippen LogP contribution in [-0.4, -0.2) is 13.2 Å². The highest BCUT2D eigenvalue weighted by atomic mass is 19.3. The molecule has 0 saturated carbocycles. The number of ether oxygens (including phenoxy) is 1. The number of alkyl halides is 2. The minimum atomic E-state index is -2.78. The van der Waals surface area contributed by atoms with Gasteiger partial charge in [-0.1, -0.05) is 39.0 Å².